The molecule has 0 saturated heterocycles. The van der Waals surface area contributed by atoms with Gasteiger partial charge in [-0.2, -0.15) is 5.10 Å². The quantitative estimate of drug-likeness (QED) is 0.210. The number of nitro groups is 1. The second kappa shape index (κ2) is 3.09. The lowest BCUT2D eigenvalue weighted by molar-refractivity contribution is -0.385. The molecule has 0 aliphatic carbocycles. The first-order valence-electron chi connectivity index (χ1n) is 3.22. The first-order chi connectivity index (χ1) is 6.06. The molecule has 0 radical (unpaired) electrons. The second-order valence-corrected chi connectivity index (χ2v) is 2.28. The number of aryl methyl sites for hydroxylation is 1. The summed E-state index contributed by atoms with van der Waals surface area (Å²) in [5.74, 6) is -0.382. The van der Waals surface area contributed by atoms with Gasteiger partial charge in [0.1, 0.15) is 6.20 Å². The minimum absolute atomic E-state index is 0.144. The Morgan fingerprint density at radius 1 is 1.92 bits per heavy atom. The number of oxime groups is 1. The van der Waals surface area contributed by atoms with Crippen LogP contribution in [0, 0.1) is 10.1 Å². The van der Waals surface area contributed by atoms with Crippen LogP contribution in [0.25, 0.3) is 0 Å². The molecule has 0 amide bonds. The van der Waals surface area contributed by atoms with Gasteiger partial charge < -0.3 is 10.9 Å². The molecule has 13 heavy (non-hydrogen) atoms. The lowest BCUT2D eigenvalue weighted by Crippen LogP contribution is -2.15. The summed E-state index contributed by atoms with van der Waals surface area (Å²) in [7, 11) is 1.50. The second-order valence-electron chi connectivity index (χ2n) is 2.28. The van der Waals surface area contributed by atoms with Gasteiger partial charge in [-0.05, 0) is 0 Å². The van der Waals surface area contributed by atoms with Crippen molar-refractivity contribution in [1.82, 2.24) is 9.78 Å². The summed E-state index contributed by atoms with van der Waals surface area (Å²) in [6.45, 7) is 0. The topological polar surface area (TPSA) is 120 Å². The van der Waals surface area contributed by atoms with Gasteiger partial charge >= 0.3 is 5.69 Å². The van der Waals surface area contributed by atoms with Gasteiger partial charge in [0, 0.05) is 7.05 Å². The number of aromatic nitrogens is 2. The summed E-state index contributed by atoms with van der Waals surface area (Å²) in [5.41, 5.74) is 4.73. The van der Waals surface area contributed by atoms with E-state index < -0.39 is 4.92 Å². The first-order valence-corrected chi connectivity index (χ1v) is 3.22. The maximum atomic E-state index is 10.4. The van der Waals surface area contributed by atoms with Crippen LogP contribution in [0.1, 0.15) is 5.69 Å². The van der Waals surface area contributed by atoms with E-state index in [1.54, 1.807) is 0 Å². The van der Waals surface area contributed by atoms with Crippen molar-refractivity contribution < 1.29 is 10.1 Å². The molecule has 0 aliphatic heterocycles. The third-order valence-corrected chi connectivity index (χ3v) is 1.36. The monoisotopic (exact) mass is 185 g/mol. The Kier molecular flexibility index (Phi) is 2.13. The highest BCUT2D eigenvalue weighted by Gasteiger charge is 2.21. The van der Waals surface area contributed by atoms with Gasteiger partial charge in [-0.3, -0.25) is 14.8 Å². The molecule has 1 aromatic rings. The van der Waals surface area contributed by atoms with Crippen molar-refractivity contribution in [2.45, 2.75) is 0 Å². The standard InChI is InChI=1S/C5H7N5O3/c1-9-2-3(10(12)13)4(7-9)5(6)8-11/h2,11H,1H3,(H2,6,8). The molecule has 70 valence electrons. The summed E-state index contributed by atoms with van der Waals surface area (Å²) >= 11 is 0. The molecular weight excluding hydrogens is 178 g/mol. The van der Waals surface area contributed by atoms with Crippen LogP contribution in [0.4, 0.5) is 5.69 Å². The van der Waals surface area contributed by atoms with Gasteiger partial charge in [0.2, 0.25) is 5.69 Å². The third-order valence-electron chi connectivity index (χ3n) is 1.36. The fraction of sp³-hybridized carbons (Fsp3) is 0.200. The minimum atomic E-state index is -0.652. The van der Waals surface area contributed by atoms with Crippen LogP contribution in [0.2, 0.25) is 0 Å². The molecular formula is C5H7N5O3. The van der Waals surface area contributed by atoms with Crippen molar-refractivity contribution in [2.75, 3.05) is 0 Å². The van der Waals surface area contributed by atoms with Gasteiger partial charge in [-0.25, -0.2) is 0 Å². The van der Waals surface area contributed by atoms with E-state index >= 15 is 0 Å². The van der Waals surface area contributed by atoms with Crippen LogP contribution in [-0.4, -0.2) is 25.7 Å². The molecule has 1 aromatic heterocycles. The fourth-order valence-electron chi connectivity index (χ4n) is 0.839. The summed E-state index contributed by atoms with van der Waals surface area (Å²) in [4.78, 5) is 9.76. The van der Waals surface area contributed by atoms with Crippen molar-refractivity contribution in [3.8, 4) is 0 Å². The number of nitrogens with zero attached hydrogens (tertiary/aromatic N) is 4. The van der Waals surface area contributed by atoms with Crippen molar-refractivity contribution >= 4 is 11.5 Å². The average molecular weight is 185 g/mol. The highest BCUT2D eigenvalue weighted by molar-refractivity contribution is 5.98. The number of rotatable bonds is 2. The summed E-state index contributed by atoms with van der Waals surface area (Å²) < 4.78 is 1.21. The van der Waals surface area contributed by atoms with Gasteiger partial charge in [0.25, 0.3) is 0 Å². The molecule has 0 bridgehead atoms. The molecule has 8 nitrogen and oxygen atoms in total. The molecule has 1 rings (SSSR count). The lowest BCUT2D eigenvalue weighted by Gasteiger charge is -1.90. The van der Waals surface area contributed by atoms with Crippen LogP contribution in [0.3, 0.4) is 0 Å². The summed E-state index contributed by atoms with van der Waals surface area (Å²) in [6, 6.07) is 0. The zero-order valence-electron chi connectivity index (χ0n) is 6.71. The van der Waals surface area contributed by atoms with Crippen molar-refractivity contribution in [3.63, 3.8) is 0 Å². The maximum absolute atomic E-state index is 10.4. The van der Waals surface area contributed by atoms with Gasteiger partial charge in [0.15, 0.2) is 5.84 Å². The Balaban J connectivity index is 3.27. The van der Waals surface area contributed by atoms with Gasteiger partial charge in [-0.1, -0.05) is 5.16 Å². The first kappa shape index (κ1) is 8.97. The van der Waals surface area contributed by atoms with Gasteiger partial charge in [-0.15, -0.1) is 0 Å². The molecule has 0 spiro atoms. The zero-order chi connectivity index (χ0) is 10.0. The zero-order valence-corrected chi connectivity index (χ0v) is 6.71. The Bertz CT molecular complexity index is 368. The number of hydrogen-bond acceptors (Lipinski definition) is 5. The van der Waals surface area contributed by atoms with E-state index in [0.29, 0.717) is 0 Å². The lowest BCUT2D eigenvalue weighted by atomic mass is 10.3. The van der Waals surface area contributed by atoms with Crippen LogP contribution >= 0.6 is 0 Å². The molecule has 1 heterocycles. The maximum Gasteiger partial charge on any atom is 0.318 e. The van der Waals surface area contributed by atoms with E-state index in [1.165, 1.54) is 17.9 Å². The molecule has 0 aliphatic rings. The number of amidine groups is 1. The van der Waals surface area contributed by atoms with Crippen LogP contribution < -0.4 is 5.73 Å². The predicted molar refractivity (Wildman–Crippen MR) is 42.4 cm³/mol. The van der Waals surface area contributed by atoms with Crippen LogP contribution in [-0.2, 0) is 7.05 Å². The van der Waals surface area contributed by atoms with E-state index in [1.807, 2.05) is 0 Å². The predicted octanol–water partition coefficient (Wildman–Crippen LogP) is -0.577. The Morgan fingerprint density at radius 2 is 2.54 bits per heavy atom. The van der Waals surface area contributed by atoms with Crippen LogP contribution in [0.5, 0.6) is 0 Å². The van der Waals surface area contributed by atoms with E-state index in [-0.39, 0.29) is 17.2 Å². The summed E-state index contributed by atoms with van der Waals surface area (Å²) in [6.07, 6.45) is 1.17. The van der Waals surface area contributed by atoms with E-state index in [0.717, 1.165) is 0 Å². The molecule has 8 heteroatoms. The Hall–Kier alpha value is -2.12. The average Bonchev–Trinajstić information content (AvgIpc) is 2.46. The summed E-state index contributed by atoms with van der Waals surface area (Å²) in [5, 5.41) is 25.0. The molecule has 0 aromatic carbocycles. The molecule has 0 fully saturated rings. The Labute approximate surface area is 72.4 Å². The molecule has 0 saturated carbocycles. The molecule has 0 unspecified atom stereocenters. The van der Waals surface area contributed by atoms with Crippen LogP contribution in [0.15, 0.2) is 11.4 Å². The van der Waals surface area contributed by atoms with Crippen molar-refractivity contribution in [2.24, 2.45) is 17.9 Å². The Morgan fingerprint density at radius 3 is 3.00 bits per heavy atom. The SMILES string of the molecule is Cn1cc([N+](=O)[O-])c(/C(N)=N/O)n1. The third kappa shape index (κ3) is 1.55. The highest BCUT2D eigenvalue weighted by atomic mass is 16.6. The minimum Gasteiger partial charge on any atom is -0.409 e. The molecule has 0 atom stereocenters. The van der Waals surface area contributed by atoms with Crippen molar-refractivity contribution in [1.29, 1.82) is 0 Å². The number of nitrogens with two attached hydrogens (primary N) is 1. The van der Waals surface area contributed by atoms with Crippen molar-refractivity contribution in [3.05, 3.63) is 22.0 Å². The van der Waals surface area contributed by atoms with Gasteiger partial charge in [0.05, 0.1) is 4.92 Å². The molecule has 3 N–H and O–H groups in total. The largest absolute Gasteiger partial charge is 0.409 e. The smallest absolute Gasteiger partial charge is 0.318 e. The highest BCUT2D eigenvalue weighted by Crippen LogP contribution is 2.14. The van der Waals surface area contributed by atoms with E-state index in [2.05, 4.69) is 10.3 Å². The number of hydrogen-bond donors (Lipinski definition) is 2. The van der Waals surface area contributed by atoms with E-state index in [9.17, 15) is 10.1 Å². The normalized spacial score (nSPS) is 11.6. The van der Waals surface area contributed by atoms with E-state index in [4.69, 9.17) is 10.9 Å². The fourth-order valence-corrected chi connectivity index (χ4v) is 0.839.